The lowest BCUT2D eigenvalue weighted by Crippen LogP contribution is -2.38. The second kappa shape index (κ2) is 37.2. The zero-order chi connectivity index (χ0) is 78.3. The number of methoxy groups -OCH3 is 2. The number of aliphatic hydroxyl groups is 1. The summed E-state index contributed by atoms with van der Waals surface area (Å²) in [6.45, 7) is 3.75. The lowest BCUT2D eigenvalue weighted by molar-refractivity contribution is -0.160. The van der Waals surface area contributed by atoms with Crippen LogP contribution in [-0.2, 0) is 57.2 Å². The molecule has 586 valence electrons. The molecule has 4 amide bonds. The number of anilines is 3. The number of ether oxygens (including phenoxy) is 8. The van der Waals surface area contributed by atoms with E-state index in [0.717, 1.165) is 38.9 Å². The number of ketones is 1. The van der Waals surface area contributed by atoms with Gasteiger partial charge in [-0.2, -0.15) is 16.7 Å². The van der Waals surface area contributed by atoms with Crippen molar-refractivity contribution in [1.82, 2.24) is 43.9 Å². The molecule has 0 radical (unpaired) electrons. The molecule has 112 heavy (non-hydrogen) atoms. The standard InChI is InChI=1S/C80H87N12O18PS/c1-7-38-105-111(106-45-65-62(109-69(95)36-23-49(2)93)41-67(108-65)91-47-83-70-72(81-46-82-73(70)91)87-75(96)50-24-30-54(31-25-50)85-78(98)102-39-40-112-6)110-63-42-68(107-64(63)44-104-80(51-16-9-8-10-17-51,52-26-32-55(100-4)33-27-52)53-28-34-56(101-5)35-29-53)92-48-84-71-74(92)88-77(89-76(71)97)86-66(94)22-15-37-90(3)79(99)103-43-61-59-20-13-11-18-57(59)58-19-12-14-21-60(58)61/h8-14,16-21,24-35,46-48,61-65,67-69,95H,7,15,22-23,36-45H2,1-6H3,(H,85,98)(H,81,82,87,96)(H2,86,88,89,94,97)/t62?,63?,64-,65-,67-,68-,69?,111?/m1/s1. The third-order valence-corrected chi connectivity index (χ3v) is 21.2. The highest BCUT2D eigenvalue weighted by atomic mass is 32.2. The quantitative estimate of drug-likeness (QED) is 0.0105. The van der Waals surface area contributed by atoms with E-state index in [2.05, 4.69) is 65.1 Å². The van der Waals surface area contributed by atoms with Crippen molar-refractivity contribution in [2.45, 2.75) is 113 Å². The number of fused-ring (bicyclic) bond motifs is 5. The average molecular weight is 1570 g/mol. The van der Waals surface area contributed by atoms with Crippen molar-refractivity contribution in [2.24, 2.45) is 0 Å². The largest absolute Gasteiger partial charge is 0.497 e. The summed E-state index contributed by atoms with van der Waals surface area (Å²) >= 11 is 1.55. The minimum atomic E-state index is -2.33. The Labute approximate surface area is 650 Å². The van der Waals surface area contributed by atoms with Crippen LogP contribution >= 0.6 is 20.4 Å². The van der Waals surface area contributed by atoms with Crippen LogP contribution in [0.3, 0.4) is 0 Å². The van der Waals surface area contributed by atoms with E-state index >= 15 is 0 Å². The van der Waals surface area contributed by atoms with Gasteiger partial charge in [-0.05, 0) is 113 Å². The molecule has 10 aromatic rings. The number of benzene rings is 6. The number of Topliss-reactive ketones (excluding diaryl/α,β-unsaturated/α-hetero) is 1. The lowest BCUT2D eigenvalue weighted by atomic mass is 9.80. The fourth-order valence-electron chi connectivity index (χ4n) is 13.8. The van der Waals surface area contributed by atoms with Gasteiger partial charge >= 0.3 is 20.8 Å². The van der Waals surface area contributed by atoms with Crippen molar-refractivity contribution in [3.05, 3.63) is 214 Å². The number of aromatic nitrogens is 8. The molecule has 13 rings (SSSR count). The number of nitrogens with zero attached hydrogens (tertiary/aromatic N) is 8. The van der Waals surface area contributed by atoms with E-state index in [4.69, 9.17) is 56.5 Å². The first-order valence-corrected chi connectivity index (χ1v) is 39.2. The maximum absolute atomic E-state index is 14.0. The Bertz CT molecular complexity index is 4870. The van der Waals surface area contributed by atoms with Crippen molar-refractivity contribution >= 4 is 89.9 Å². The number of carbonyl (C=O) groups is 5. The molecule has 0 bridgehead atoms. The number of H-pyrrole nitrogens is 1. The van der Waals surface area contributed by atoms with Crippen molar-refractivity contribution in [3.63, 3.8) is 0 Å². The van der Waals surface area contributed by atoms with Gasteiger partial charge in [0.2, 0.25) is 11.9 Å². The first kappa shape index (κ1) is 79.5. The lowest BCUT2D eigenvalue weighted by Gasteiger charge is -2.37. The van der Waals surface area contributed by atoms with E-state index in [1.165, 1.54) is 30.8 Å². The molecule has 4 unspecified atom stereocenters. The van der Waals surface area contributed by atoms with Crippen LogP contribution in [0.15, 0.2) is 175 Å². The van der Waals surface area contributed by atoms with Gasteiger partial charge in [-0.25, -0.2) is 29.5 Å². The molecule has 32 heteroatoms. The molecule has 30 nitrogen and oxygen atoms in total. The van der Waals surface area contributed by atoms with Gasteiger partial charge < -0.3 is 71.6 Å². The number of aromatic amines is 1. The second-order valence-electron chi connectivity index (χ2n) is 26.9. The van der Waals surface area contributed by atoms with E-state index in [-0.39, 0.29) is 124 Å². The minimum Gasteiger partial charge on any atom is -0.497 e. The summed E-state index contributed by atoms with van der Waals surface area (Å²) in [6, 6.07) is 47.3. The highest BCUT2D eigenvalue weighted by Crippen LogP contribution is 2.50. The number of amides is 4. The maximum atomic E-state index is 14.0. The van der Waals surface area contributed by atoms with Crippen molar-refractivity contribution in [1.29, 1.82) is 0 Å². The van der Waals surface area contributed by atoms with Crippen LogP contribution in [0.2, 0.25) is 0 Å². The summed E-state index contributed by atoms with van der Waals surface area (Å²) in [6.07, 6.45) is -0.874. The van der Waals surface area contributed by atoms with Crippen LogP contribution in [0.25, 0.3) is 33.5 Å². The van der Waals surface area contributed by atoms with E-state index in [1.54, 1.807) is 66.4 Å². The third-order valence-electron chi connectivity index (χ3n) is 19.4. The number of aliphatic hydroxyl groups excluding tert-OH is 1. The van der Waals surface area contributed by atoms with Crippen molar-refractivity contribution < 1.29 is 80.5 Å². The molecule has 8 atom stereocenters. The molecule has 2 aliphatic heterocycles. The van der Waals surface area contributed by atoms with Crippen molar-refractivity contribution in [2.75, 3.05) is 88.8 Å². The van der Waals surface area contributed by atoms with Crippen LogP contribution in [-0.4, -0.2) is 182 Å². The van der Waals surface area contributed by atoms with E-state index in [1.807, 2.05) is 116 Å². The fraction of sp³-hybridized carbons (Fsp3) is 0.362. The first-order valence-electron chi connectivity index (χ1n) is 36.7. The Kier molecular flexibility index (Phi) is 26.4. The Morgan fingerprint density at radius 3 is 1.97 bits per heavy atom. The molecule has 2 saturated heterocycles. The first-order chi connectivity index (χ1) is 54.5. The normalized spacial score (nSPS) is 17.8. The van der Waals surface area contributed by atoms with Gasteiger partial charge in [0.15, 0.2) is 34.4 Å². The van der Waals surface area contributed by atoms with Gasteiger partial charge in [-0.3, -0.25) is 39.1 Å². The number of imidazole rings is 2. The Hall–Kier alpha value is -10.6. The van der Waals surface area contributed by atoms with Crippen LogP contribution in [0.4, 0.5) is 27.0 Å². The van der Waals surface area contributed by atoms with Crippen LogP contribution in [0.1, 0.15) is 115 Å². The number of carbonyl (C=O) groups excluding carboxylic acids is 5. The molecule has 2 fully saturated rings. The number of rotatable bonds is 36. The SMILES string of the molecule is CCCOP(OC[C@H]1O[C@@H](n2cnc3c(NC(=O)c4ccc(NC(=O)OCCSC)cc4)ncnc32)CC1OC(O)CCC(C)=O)OC1C[C@H](n2cnc3c(=O)[nH]c(NC(=O)CCCN(C)C(=O)OCC4c5ccccc5-c5ccccc54)nc32)O[C@@H]1COC(c1ccccc1)(c1ccc(OC)cc1)c1ccc(OC)cc1. The fourth-order valence-corrected chi connectivity index (χ4v) is 15.2. The van der Waals surface area contributed by atoms with Gasteiger partial charge in [0, 0.05) is 68.6 Å². The molecule has 6 aromatic carbocycles. The van der Waals surface area contributed by atoms with E-state index in [0.29, 0.717) is 35.0 Å². The predicted octanol–water partition coefficient (Wildman–Crippen LogP) is 12.5. The topological polar surface area (TPSA) is 354 Å². The molecule has 0 spiro atoms. The number of nitrogens with one attached hydrogen (secondary N) is 4. The molecule has 3 aliphatic rings. The summed E-state index contributed by atoms with van der Waals surface area (Å²) in [5.41, 5.74) is 5.95. The Balaban J connectivity index is 0.745. The molecule has 4 aromatic heterocycles. The van der Waals surface area contributed by atoms with Gasteiger partial charge in [0.25, 0.3) is 11.5 Å². The van der Waals surface area contributed by atoms with Crippen LogP contribution in [0.5, 0.6) is 11.5 Å². The third kappa shape index (κ3) is 18.6. The number of hydrogen-bond donors (Lipinski definition) is 5. The molecular formula is C80H87N12O18PS. The predicted molar refractivity (Wildman–Crippen MR) is 417 cm³/mol. The average Bonchev–Trinajstić information content (AvgIpc) is 0.851. The number of hydrogen-bond acceptors (Lipinski definition) is 24. The van der Waals surface area contributed by atoms with Gasteiger partial charge in [-0.15, -0.1) is 0 Å². The van der Waals surface area contributed by atoms with Crippen LogP contribution < -0.4 is 31.0 Å². The van der Waals surface area contributed by atoms with Gasteiger partial charge in [-0.1, -0.05) is 110 Å². The molecular weight excluding hydrogens is 1480 g/mol. The molecule has 5 N–H and O–H groups in total. The molecule has 6 heterocycles. The molecule has 1 aliphatic carbocycles. The highest BCUT2D eigenvalue weighted by molar-refractivity contribution is 7.98. The second-order valence-corrected chi connectivity index (χ2v) is 29.0. The minimum absolute atomic E-state index is 0.00188. The summed E-state index contributed by atoms with van der Waals surface area (Å²) in [5.74, 6) is 0.584. The zero-order valence-electron chi connectivity index (χ0n) is 62.5. The molecule has 0 saturated carbocycles. The van der Waals surface area contributed by atoms with E-state index in [9.17, 15) is 33.9 Å². The number of thioether (sulfide) groups is 1. The summed E-state index contributed by atoms with van der Waals surface area (Å²) in [5, 5.41) is 19.5. The zero-order valence-corrected chi connectivity index (χ0v) is 64.2. The summed E-state index contributed by atoms with van der Waals surface area (Å²) in [4.78, 5) is 106. The van der Waals surface area contributed by atoms with Gasteiger partial charge in [0.1, 0.15) is 67.1 Å². The summed E-state index contributed by atoms with van der Waals surface area (Å²) < 4.78 is 73.4. The van der Waals surface area contributed by atoms with Crippen molar-refractivity contribution in [3.8, 4) is 22.6 Å². The maximum Gasteiger partial charge on any atom is 0.411 e. The van der Waals surface area contributed by atoms with Gasteiger partial charge in [0.05, 0.1) is 58.9 Å². The highest BCUT2D eigenvalue weighted by Gasteiger charge is 2.46. The monoisotopic (exact) mass is 1570 g/mol. The van der Waals surface area contributed by atoms with E-state index < -0.39 is 86.9 Å². The summed E-state index contributed by atoms with van der Waals surface area (Å²) in [7, 11) is 2.46. The Morgan fingerprint density at radius 2 is 1.32 bits per heavy atom. The smallest absolute Gasteiger partial charge is 0.411 e. The Morgan fingerprint density at radius 1 is 0.696 bits per heavy atom. The van der Waals surface area contributed by atoms with Crippen LogP contribution in [0, 0.1) is 0 Å².